The summed E-state index contributed by atoms with van der Waals surface area (Å²) in [5.41, 5.74) is 3.23. The van der Waals surface area contributed by atoms with Crippen LogP contribution in [0.4, 0.5) is 13.2 Å². The molecule has 3 unspecified atom stereocenters. The Bertz CT molecular complexity index is 1280. The van der Waals surface area contributed by atoms with Crippen molar-refractivity contribution in [2.45, 2.75) is 102 Å². The van der Waals surface area contributed by atoms with E-state index in [2.05, 4.69) is 48.0 Å². The van der Waals surface area contributed by atoms with Gasteiger partial charge in [-0.15, -0.1) is 0 Å². The number of hydrogen-bond acceptors (Lipinski definition) is 3. The number of allylic oxidation sites excluding steroid dienone is 8. The van der Waals surface area contributed by atoms with Crippen LogP contribution < -0.4 is 16.0 Å². The van der Waals surface area contributed by atoms with E-state index in [1.165, 1.54) is 5.57 Å². The number of unbranched alkanes of at least 4 members (excludes halogenated alkanes) is 1. The van der Waals surface area contributed by atoms with Gasteiger partial charge in [-0.05, 0) is 87.1 Å². The van der Waals surface area contributed by atoms with Crippen molar-refractivity contribution < 1.29 is 22.8 Å². The lowest BCUT2D eigenvalue weighted by Gasteiger charge is -2.36. The highest BCUT2D eigenvalue weighted by molar-refractivity contribution is 5.97. The SMILES string of the molecule is CCCC(CCNCCCCC1(C(=O)NCC(F)(F)F)c2ccccc2C2=CC=CCC21)NC(=O)CCCC1=CC=C[C@@H](C)C1. The highest BCUT2D eigenvalue weighted by Gasteiger charge is 2.54. The lowest BCUT2D eigenvalue weighted by Crippen LogP contribution is -2.50. The highest BCUT2D eigenvalue weighted by atomic mass is 19.4. The first-order chi connectivity index (χ1) is 21.6. The maximum atomic E-state index is 13.7. The molecule has 3 aliphatic carbocycles. The fraction of sp³-hybridized carbons (Fsp3) is 0.568. The fourth-order valence-electron chi connectivity index (χ4n) is 7.31. The van der Waals surface area contributed by atoms with Crippen LogP contribution in [0.2, 0.25) is 0 Å². The Labute approximate surface area is 266 Å². The Hall–Kier alpha value is -3.13. The first-order valence-electron chi connectivity index (χ1n) is 16.8. The topological polar surface area (TPSA) is 70.2 Å². The average molecular weight is 626 g/mol. The maximum absolute atomic E-state index is 13.7. The molecule has 0 heterocycles. The van der Waals surface area contributed by atoms with Crippen LogP contribution in [0.3, 0.4) is 0 Å². The molecule has 3 aliphatic rings. The predicted octanol–water partition coefficient (Wildman–Crippen LogP) is 7.70. The maximum Gasteiger partial charge on any atom is 0.405 e. The summed E-state index contributed by atoms with van der Waals surface area (Å²) in [5, 5.41) is 8.96. The monoisotopic (exact) mass is 625 g/mol. The number of carbonyl (C=O) groups is 2. The number of rotatable bonds is 17. The van der Waals surface area contributed by atoms with Crippen molar-refractivity contribution in [2.75, 3.05) is 19.6 Å². The van der Waals surface area contributed by atoms with E-state index in [4.69, 9.17) is 0 Å². The quantitative estimate of drug-likeness (QED) is 0.155. The molecule has 0 saturated heterocycles. The minimum absolute atomic E-state index is 0.116. The molecule has 246 valence electrons. The van der Waals surface area contributed by atoms with Crippen LogP contribution in [0.15, 0.2) is 66.3 Å². The van der Waals surface area contributed by atoms with Crippen molar-refractivity contribution in [2.24, 2.45) is 11.8 Å². The van der Waals surface area contributed by atoms with Gasteiger partial charge in [0, 0.05) is 18.4 Å². The van der Waals surface area contributed by atoms with Crippen LogP contribution in [-0.2, 0) is 15.0 Å². The lowest BCUT2D eigenvalue weighted by atomic mass is 9.67. The summed E-state index contributed by atoms with van der Waals surface area (Å²) in [7, 11) is 0. The molecule has 4 atom stereocenters. The van der Waals surface area contributed by atoms with E-state index in [0.29, 0.717) is 31.6 Å². The highest BCUT2D eigenvalue weighted by Crippen LogP contribution is 2.55. The zero-order chi connectivity index (χ0) is 32.3. The van der Waals surface area contributed by atoms with Gasteiger partial charge >= 0.3 is 6.18 Å². The summed E-state index contributed by atoms with van der Waals surface area (Å²) in [4.78, 5) is 26.3. The Kier molecular flexibility index (Phi) is 12.7. The van der Waals surface area contributed by atoms with E-state index in [9.17, 15) is 22.8 Å². The molecule has 4 rings (SSSR count). The van der Waals surface area contributed by atoms with Crippen LogP contribution in [0.25, 0.3) is 5.57 Å². The van der Waals surface area contributed by atoms with Crippen LogP contribution in [-0.4, -0.2) is 43.7 Å². The van der Waals surface area contributed by atoms with Gasteiger partial charge in [0.15, 0.2) is 0 Å². The second kappa shape index (κ2) is 16.4. The molecule has 45 heavy (non-hydrogen) atoms. The third-order valence-electron chi connectivity index (χ3n) is 9.43. The molecule has 2 amide bonds. The zero-order valence-electron chi connectivity index (χ0n) is 26.9. The first-order valence-corrected chi connectivity index (χ1v) is 16.8. The van der Waals surface area contributed by atoms with Crippen LogP contribution in [0, 0.1) is 11.8 Å². The minimum atomic E-state index is -4.47. The second-order valence-corrected chi connectivity index (χ2v) is 12.9. The normalized spacial score (nSPS) is 22.7. The van der Waals surface area contributed by atoms with Crippen molar-refractivity contribution in [3.63, 3.8) is 0 Å². The number of halogens is 3. The van der Waals surface area contributed by atoms with E-state index < -0.39 is 24.0 Å². The third kappa shape index (κ3) is 9.44. The summed E-state index contributed by atoms with van der Waals surface area (Å²) in [6.07, 6.45) is 16.8. The number of alkyl halides is 3. The molecular weight excluding hydrogens is 575 g/mol. The third-order valence-corrected chi connectivity index (χ3v) is 9.43. The van der Waals surface area contributed by atoms with Gasteiger partial charge in [-0.1, -0.05) is 93.0 Å². The van der Waals surface area contributed by atoms with E-state index >= 15 is 0 Å². The largest absolute Gasteiger partial charge is 0.405 e. The molecule has 1 aromatic carbocycles. The van der Waals surface area contributed by atoms with Gasteiger partial charge in [0.1, 0.15) is 6.54 Å². The van der Waals surface area contributed by atoms with E-state index in [1.54, 1.807) is 0 Å². The van der Waals surface area contributed by atoms with Crippen LogP contribution in [0.5, 0.6) is 0 Å². The Morgan fingerprint density at radius 3 is 2.64 bits per heavy atom. The second-order valence-electron chi connectivity index (χ2n) is 12.9. The molecule has 5 nitrogen and oxygen atoms in total. The molecule has 1 aromatic rings. The average Bonchev–Trinajstić information content (AvgIpc) is 3.30. The molecule has 0 aromatic heterocycles. The number of amides is 2. The van der Waals surface area contributed by atoms with Crippen LogP contribution >= 0.6 is 0 Å². The summed E-state index contributed by atoms with van der Waals surface area (Å²) in [5.74, 6) is -0.0310. The molecule has 0 fully saturated rings. The Morgan fingerprint density at radius 2 is 1.87 bits per heavy atom. The minimum Gasteiger partial charge on any atom is -0.353 e. The van der Waals surface area contributed by atoms with Gasteiger partial charge in [-0.2, -0.15) is 13.2 Å². The standard InChI is InChI=1S/C37H50F3N3O2/c1-3-12-29(43-34(44)20-11-15-28-14-10-13-27(2)25-28)21-24-41-23-9-8-22-36(35(45)42-26-37(38,39)40)32-18-6-4-16-30(32)31-17-5-7-19-33(31)36/h4-7,10,13-14,16-18,27,29,33,41H,3,8-9,11-12,15,19-26H2,1-2H3,(H,42,45)(H,43,44)/t27-,29?,33?,36?/m1/s1. The molecule has 0 saturated carbocycles. The number of carbonyl (C=O) groups excluding carboxylic acids is 2. The predicted molar refractivity (Wildman–Crippen MR) is 175 cm³/mol. The molecule has 0 bridgehead atoms. The summed E-state index contributed by atoms with van der Waals surface area (Å²) < 4.78 is 39.4. The first kappa shape index (κ1) is 34.7. The number of nitrogens with one attached hydrogen (secondary N) is 3. The van der Waals surface area contributed by atoms with E-state index in [1.807, 2.05) is 42.5 Å². The van der Waals surface area contributed by atoms with Gasteiger partial charge in [0.2, 0.25) is 11.8 Å². The van der Waals surface area contributed by atoms with Gasteiger partial charge in [-0.3, -0.25) is 9.59 Å². The number of benzene rings is 1. The lowest BCUT2D eigenvalue weighted by molar-refractivity contribution is -0.143. The smallest absolute Gasteiger partial charge is 0.353 e. The van der Waals surface area contributed by atoms with Gasteiger partial charge < -0.3 is 16.0 Å². The van der Waals surface area contributed by atoms with Crippen molar-refractivity contribution in [3.8, 4) is 0 Å². The molecule has 8 heteroatoms. The summed E-state index contributed by atoms with van der Waals surface area (Å²) >= 11 is 0. The Balaban J connectivity index is 1.25. The van der Waals surface area contributed by atoms with E-state index in [-0.39, 0.29) is 17.9 Å². The zero-order valence-corrected chi connectivity index (χ0v) is 26.9. The Morgan fingerprint density at radius 1 is 1.04 bits per heavy atom. The van der Waals surface area contributed by atoms with Gasteiger partial charge in [0.25, 0.3) is 0 Å². The van der Waals surface area contributed by atoms with Crippen molar-refractivity contribution in [3.05, 3.63) is 77.4 Å². The van der Waals surface area contributed by atoms with Gasteiger partial charge in [0.05, 0.1) is 5.41 Å². The van der Waals surface area contributed by atoms with Crippen molar-refractivity contribution in [1.82, 2.24) is 16.0 Å². The molecule has 0 spiro atoms. The molecule has 3 N–H and O–H groups in total. The van der Waals surface area contributed by atoms with Gasteiger partial charge in [-0.25, -0.2) is 0 Å². The molecule has 0 aliphatic heterocycles. The van der Waals surface area contributed by atoms with Crippen molar-refractivity contribution >= 4 is 17.4 Å². The molecular formula is C37H50F3N3O2. The van der Waals surface area contributed by atoms with Crippen LogP contribution in [0.1, 0.15) is 95.6 Å². The number of hydrogen-bond donors (Lipinski definition) is 3. The summed E-state index contributed by atoms with van der Waals surface area (Å²) in [6.45, 7) is 4.52. The van der Waals surface area contributed by atoms with E-state index in [0.717, 1.165) is 74.7 Å². The number of fused-ring (bicyclic) bond motifs is 3. The fourth-order valence-corrected chi connectivity index (χ4v) is 7.31. The summed E-state index contributed by atoms with van der Waals surface area (Å²) in [6, 6.07) is 7.81. The van der Waals surface area contributed by atoms with Crippen molar-refractivity contribution in [1.29, 1.82) is 0 Å². The molecule has 0 radical (unpaired) electrons.